The van der Waals surface area contributed by atoms with E-state index < -0.39 is 0 Å². The third-order valence-corrected chi connectivity index (χ3v) is 3.65. The predicted octanol–water partition coefficient (Wildman–Crippen LogP) is 5.57. The lowest BCUT2D eigenvalue weighted by molar-refractivity contribution is -0.122. The van der Waals surface area contributed by atoms with Gasteiger partial charge in [0.15, 0.2) is 0 Å². The van der Waals surface area contributed by atoms with Crippen LogP contribution in [0.25, 0.3) is 11.1 Å². The van der Waals surface area contributed by atoms with Gasteiger partial charge in [0.25, 0.3) is 6.47 Å². The van der Waals surface area contributed by atoms with Crippen molar-refractivity contribution in [2.75, 3.05) is 0 Å². The number of carboxylic acid groups (broad SMARTS) is 1. The van der Waals surface area contributed by atoms with Crippen molar-refractivity contribution < 1.29 is 9.90 Å². The minimum atomic E-state index is -0.250. The third-order valence-electron chi connectivity index (χ3n) is 3.65. The molecule has 0 saturated heterocycles. The Bertz CT molecular complexity index is 520. The van der Waals surface area contributed by atoms with E-state index in [2.05, 4.69) is 61.5 Å². The number of benzene rings is 2. The van der Waals surface area contributed by atoms with Crippen LogP contribution in [0.3, 0.4) is 0 Å². The van der Waals surface area contributed by atoms with E-state index in [9.17, 15) is 0 Å². The van der Waals surface area contributed by atoms with Crippen LogP contribution in [0.15, 0.2) is 54.6 Å². The zero-order valence-corrected chi connectivity index (χ0v) is 13.4. The Balaban J connectivity index is 0.000000745. The zero-order chi connectivity index (χ0) is 16.0. The van der Waals surface area contributed by atoms with E-state index in [4.69, 9.17) is 9.90 Å². The summed E-state index contributed by atoms with van der Waals surface area (Å²) in [5, 5.41) is 6.89. The molecule has 0 bridgehead atoms. The molecule has 0 aliphatic carbocycles. The van der Waals surface area contributed by atoms with Crippen molar-refractivity contribution in [3.05, 3.63) is 60.2 Å². The molecule has 0 unspecified atom stereocenters. The molecule has 0 amide bonds. The van der Waals surface area contributed by atoms with Gasteiger partial charge in [0.1, 0.15) is 0 Å². The second-order valence-corrected chi connectivity index (χ2v) is 5.29. The van der Waals surface area contributed by atoms with Gasteiger partial charge in [-0.3, -0.25) is 4.79 Å². The monoisotopic (exact) mass is 298 g/mol. The summed E-state index contributed by atoms with van der Waals surface area (Å²) in [6, 6.07) is 19.6. The van der Waals surface area contributed by atoms with E-state index in [0.29, 0.717) is 0 Å². The quantitative estimate of drug-likeness (QED) is 0.536. The topological polar surface area (TPSA) is 37.3 Å². The number of hydrogen-bond acceptors (Lipinski definition) is 1. The van der Waals surface area contributed by atoms with Gasteiger partial charge in [-0.15, -0.1) is 0 Å². The first-order valence-corrected chi connectivity index (χ1v) is 8.04. The van der Waals surface area contributed by atoms with Crippen molar-refractivity contribution >= 4 is 6.47 Å². The van der Waals surface area contributed by atoms with Gasteiger partial charge in [-0.2, -0.15) is 0 Å². The Morgan fingerprint density at radius 3 is 2.14 bits per heavy atom. The molecule has 0 aliphatic heterocycles. The van der Waals surface area contributed by atoms with Crippen LogP contribution >= 0.6 is 0 Å². The van der Waals surface area contributed by atoms with Crippen LogP contribution in [-0.4, -0.2) is 11.6 Å². The van der Waals surface area contributed by atoms with E-state index in [0.717, 1.165) is 0 Å². The molecule has 2 rings (SSSR count). The van der Waals surface area contributed by atoms with Crippen LogP contribution in [0.1, 0.15) is 44.6 Å². The summed E-state index contributed by atoms with van der Waals surface area (Å²) < 4.78 is 0. The van der Waals surface area contributed by atoms with E-state index in [1.165, 1.54) is 55.2 Å². The molecule has 118 valence electrons. The lowest BCUT2D eigenvalue weighted by atomic mass is 9.96. The number of hydrogen-bond donors (Lipinski definition) is 1. The lowest BCUT2D eigenvalue weighted by Gasteiger charge is -2.09. The Morgan fingerprint density at radius 1 is 0.864 bits per heavy atom. The van der Waals surface area contributed by atoms with Gasteiger partial charge in [0.05, 0.1) is 0 Å². The maximum atomic E-state index is 8.36. The van der Waals surface area contributed by atoms with Crippen LogP contribution in [-0.2, 0) is 11.2 Å². The maximum absolute atomic E-state index is 8.36. The summed E-state index contributed by atoms with van der Waals surface area (Å²) >= 11 is 0. The summed E-state index contributed by atoms with van der Waals surface area (Å²) in [6.07, 6.45) is 7.94. The van der Waals surface area contributed by atoms with Crippen molar-refractivity contribution in [1.82, 2.24) is 0 Å². The molecule has 1 N–H and O–H groups in total. The van der Waals surface area contributed by atoms with Gasteiger partial charge >= 0.3 is 0 Å². The van der Waals surface area contributed by atoms with Crippen molar-refractivity contribution in [2.45, 2.75) is 45.4 Å². The molecule has 0 saturated carbocycles. The van der Waals surface area contributed by atoms with Crippen LogP contribution in [0.4, 0.5) is 0 Å². The summed E-state index contributed by atoms with van der Waals surface area (Å²) in [4.78, 5) is 8.36. The van der Waals surface area contributed by atoms with Crippen molar-refractivity contribution in [3.8, 4) is 11.1 Å². The van der Waals surface area contributed by atoms with Crippen molar-refractivity contribution in [2.24, 2.45) is 0 Å². The molecular weight excluding hydrogens is 272 g/mol. The molecule has 0 fully saturated rings. The second-order valence-electron chi connectivity index (χ2n) is 5.29. The van der Waals surface area contributed by atoms with E-state index in [-0.39, 0.29) is 6.47 Å². The maximum Gasteiger partial charge on any atom is 0.290 e. The number of rotatable bonds is 7. The van der Waals surface area contributed by atoms with Gasteiger partial charge < -0.3 is 5.11 Å². The standard InChI is InChI=1S/C19H24.CH2O2/c1-2-3-4-5-7-12-18-15-10-11-16-19(18)17-13-8-6-9-14-17;2-1-3/h6,8-11,13-16H,2-5,7,12H2,1H3;1H,(H,2,3). The first-order chi connectivity index (χ1) is 10.8. The Hall–Kier alpha value is -2.09. The zero-order valence-electron chi connectivity index (χ0n) is 13.4. The smallest absolute Gasteiger partial charge is 0.290 e. The fourth-order valence-corrected chi connectivity index (χ4v) is 2.56. The first-order valence-electron chi connectivity index (χ1n) is 8.04. The van der Waals surface area contributed by atoms with Gasteiger partial charge in [-0.05, 0) is 29.5 Å². The Kier molecular flexibility index (Phi) is 9.43. The minimum absolute atomic E-state index is 0.250. The minimum Gasteiger partial charge on any atom is -0.483 e. The highest BCUT2D eigenvalue weighted by Crippen LogP contribution is 2.24. The normalized spacial score (nSPS) is 9.68. The fraction of sp³-hybridized carbons (Fsp3) is 0.350. The molecule has 0 aliphatic rings. The first kappa shape index (κ1) is 18.0. The highest BCUT2D eigenvalue weighted by molar-refractivity contribution is 5.67. The lowest BCUT2D eigenvalue weighted by Crippen LogP contribution is -1.90. The van der Waals surface area contributed by atoms with E-state index >= 15 is 0 Å². The molecule has 0 radical (unpaired) electrons. The SMILES string of the molecule is CCCCCCCc1ccccc1-c1ccccc1.O=CO. The number of aryl methyl sites for hydroxylation is 1. The molecule has 2 heteroatoms. The average Bonchev–Trinajstić information content (AvgIpc) is 2.57. The van der Waals surface area contributed by atoms with Gasteiger partial charge in [-0.1, -0.05) is 87.2 Å². The molecule has 0 aromatic heterocycles. The number of carbonyl (C=O) groups is 1. The Labute approximate surface area is 133 Å². The summed E-state index contributed by atoms with van der Waals surface area (Å²) in [6.45, 7) is 2.02. The van der Waals surface area contributed by atoms with E-state index in [1.807, 2.05) is 0 Å². The van der Waals surface area contributed by atoms with Crippen LogP contribution in [0, 0.1) is 0 Å². The van der Waals surface area contributed by atoms with Crippen LogP contribution in [0.5, 0.6) is 0 Å². The van der Waals surface area contributed by atoms with Crippen molar-refractivity contribution in [1.29, 1.82) is 0 Å². The van der Waals surface area contributed by atoms with Gasteiger partial charge in [0.2, 0.25) is 0 Å². The van der Waals surface area contributed by atoms with E-state index in [1.54, 1.807) is 0 Å². The predicted molar refractivity (Wildman–Crippen MR) is 93.0 cm³/mol. The molecule has 2 nitrogen and oxygen atoms in total. The van der Waals surface area contributed by atoms with Crippen LogP contribution < -0.4 is 0 Å². The summed E-state index contributed by atoms with van der Waals surface area (Å²) in [7, 11) is 0. The van der Waals surface area contributed by atoms with Gasteiger partial charge in [0, 0.05) is 0 Å². The highest BCUT2D eigenvalue weighted by Gasteiger charge is 2.03. The van der Waals surface area contributed by atoms with Gasteiger partial charge in [-0.25, -0.2) is 0 Å². The van der Waals surface area contributed by atoms with Crippen LogP contribution in [0.2, 0.25) is 0 Å². The summed E-state index contributed by atoms with van der Waals surface area (Å²) in [5.74, 6) is 0. The largest absolute Gasteiger partial charge is 0.483 e. The summed E-state index contributed by atoms with van der Waals surface area (Å²) in [5.41, 5.74) is 4.23. The average molecular weight is 298 g/mol. The van der Waals surface area contributed by atoms with Crippen molar-refractivity contribution in [3.63, 3.8) is 0 Å². The molecule has 0 heterocycles. The number of unbranched alkanes of at least 4 members (excludes halogenated alkanes) is 4. The molecular formula is C20H26O2. The molecule has 22 heavy (non-hydrogen) atoms. The molecule has 0 atom stereocenters. The molecule has 2 aromatic rings. The Morgan fingerprint density at radius 2 is 1.45 bits per heavy atom. The fourth-order valence-electron chi connectivity index (χ4n) is 2.56. The second kappa shape index (κ2) is 11.6. The molecule has 0 spiro atoms. The molecule has 2 aromatic carbocycles. The highest BCUT2D eigenvalue weighted by atomic mass is 16.3. The third kappa shape index (κ3) is 6.57.